The average molecular weight is 291 g/mol. The Morgan fingerprint density at radius 1 is 1.48 bits per heavy atom. The summed E-state index contributed by atoms with van der Waals surface area (Å²) in [6.07, 6.45) is 6.41. The summed E-state index contributed by atoms with van der Waals surface area (Å²) in [5, 5.41) is 7.64. The molecular formula is C16H29N5. The maximum Gasteiger partial charge on any atom is 0.193 e. The van der Waals surface area contributed by atoms with Crippen molar-refractivity contribution in [1.29, 1.82) is 0 Å². The summed E-state index contributed by atoms with van der Waals surface area (Å²) in [4.78, 5) is 7.17. The van der Waals surface area contributed by atoms with E-state index in [1.54, 1.807) is 0 Å². The largest absolute Gasteiger partial charge is 0.357 e. The van der Waals surface area contributed by atoms with Gasteiger partial charge in [-0.2, -0.15) is 5.10 Å². The van der Waals surface area contributed by atoms with E-state index < -0.39 is 0 Å². The molecule has 1 saturated heterocycles. The van der Waals surface area contributed by atoms with Crippen molar-refractivity contribution in [1.82, 2.24) is 20.0 Å². The van der Waals surface area contributed by atoms with Gasteiger partial charge < -0.3 is 10.2 Å². The molecule has 1 fully saturated rings. The van der Waals surface area contributed by atoms with Crippen LogP contribution in [0.5, 0.6) is 0 Å². The van der Waals surface area contributed by atoms with Crippen LogP contribution >= 0.6 is 0 Å². The lowest BCUT2D eigenvalue weighted by Crippen LogP contribution is -2.40. The Hall–Kier alpha value is -1.52. The molecule has 2 heterocycles. The Balaban J connectivity index is 1.86. The van der Waals surface area contributed by atoms with Crippen molar-refractivity contribution in [2.75, 3.05) is 26.2 Å². The monoisotopic (exact) mass is 291 g/mol. The van der Waals surface area contributed by atoms with Crippen LogP contribution in [0.2, 0.25) is 0 Å². The summed E-state index contributed by atoms with van der Waals surface area (Å²) in [5.41, 5.74) is 0. The van der Waals surface area contributed by atoms with E-state index >= 15 is 0 Å². The molecule has 1 N–H and O–H groups in total. The molecule has 0 aromatic carbocycles. The van der Waals surface area contributed by atoms with Crippen LogP contribution in [-0.4, -0.2) is 46.8 Å². The number of aromatic nitrogens is 2. The van der Waals surface area contributed by atoms with Gasteiger partial charge in [-0.1, -0.05) is 13.8 Å². The molecule has 5 nitrogen and oxygen atoms in total. The summed E-state index contributed by atoms with van der Waals surface area (Å²) in [7, 11) is 0. The molecule has 1 aromatic heterocycles. The zero-order valence-corrected chi connectivity index (χ0v) is 13.6. The highest BCUT2D eigenvalue weighted by Gasteiger charge is 2.25. The van der Waals surface area contributed by atoms with Crippen LogP contribution in [0.1, 0.15) is 33.6 Å². The van der Waals surface area contributed by atoms with E-state index in [1.165, 1.54) is 12.8 Å². The molecule has 1 aliphatic heterocycles. The molecule has 0 radical (unpaired) electrons. The fraction of sp³-hybridized carbons (Fsp3) is 0.750. The third-order valence-electron chi connectivity index (χ3n) is 3.87. The highest BCUT2D eigenvalue weighted by Crippen LogP contribution is 2.23. The summed E-state index contributed by atoms with van der Waals surface area (Å²) < 4.78 is 1.93. The molecule has 0 aliphatic carbocycles. The van der Waals surface area contributed by atoms with Crippen molar-refractivity contribution in [2.24, 2.45) is 16.8 Å². The van der Waals surface area contributed by atoms with Gasteiger partial charge in [-0.3, -0.25) is 9.67 Å². The maximum atomic E-state index is 4.75. The Labute approximate surface area is 128 Å². The summed E-state index contributed by atoms with van der Waals surface area (Å²) in [5.74, 6) is 2.67. The predicted octanol–water partition coefficient (Wildman–Crippen LogP) is 2.22. The normalized spacial score (nSPS) is 19.5. The lowest BCUT2D eigenvalue weighted by Gasteiger charge is -2.22. The number of hydrogen-bond donors (Lipinski definition) is 1. The van der Waals surface area contributed by atoms with Gasteiger partial charge in [-0.25, -0.2) is 0 Å². The van der Waals surface area contributed by atoms with E-state index in [0.717, 1.165) is 50.5 Å². The summed E-state index contributed by atoms with van der Waals surface area (Å²) >= 11 is 0. The van der Waals surface area contributed by atoms with Gasteiger partial charge in [-0.05, 0) is 37.7 Å². The Morgan fingerprint density at radius 3 is 3.00 bits per heavy atom. The zero-order valence-electron chi connectivity index (χ0n) is 13.6. The SMILES string of the molecule is CCNC(=NCCn1cccn1)N1CCC(CC(C)C)C1. The molecule has 5 heteroatoms. The lowest BCUT2D eigenvalue weighted by atomic mass is 9.97. The fourth-order valence-corrected chi connectivity index (χ4v) is 3.00. The zero-order chi connectivity index (χ0) is 15.1. The minimum absolute atomic E-state index is 0.773. The van der Waals surface area contributed by atoms with Crippen molar-refractivity contribution in [3.63, 3.8) is 0 Å². The first-order valence-electron chi connectivity index (χ1n) is 8.19. The highest BCUT2D eigenvalue weighted by molar-refractivity contribution is 5.80. The minimum atomic E-state index is 0.773. The maximum absolute atomic E-state index is 4.75. The van der Waals surface area contributed by atoms with Crippen molar-refractivity contribution in [3.8, 4) is 0 Å². The van der Waals surface area contributed by atoms with E-state index in [2.05, 4.69) is 36.1 Å². The highest BCUT2D eigenvalue weighted by atomic mass is 15.3. The molecule has 21 heavy (non-hydrogen) atoms. The number of guanidine groups is 1. The van der Waals surface area contributed by atoms with Gasteiger partial charge in [0.25, 0.3) is 0 Å². The van der Waals surface area contributed by atoms with Gasteiger partial charge in [-0.15, -0.1) is 0 Å². The number of aliphatic imine (C=N–C) groups is 1. The molecule has 1 atom stereocenters. The minimum Gasteiger partial charge on any atom is -0.357 e. The summed E-state index contributed by atoms with van der Waals surface area (Å²) in [6.45, 7) is 11.6. The Kier molecular flexibility index (Phi) is 6.08. The summed E-state index contributed by atoms with van der Waals surface area (Å²) in [6, 6.07) is 1.95. The molecule has 2 rings (SSSR count). The fourth-order valence-electron chi connectivity index (χ4n) is 3.00. The van der Waals surface area contributed by atoms with Gasteiger partial charge >= 0.3 is 0 Å². The topological polar surface area (TPSA) is 45.5 Å². The molecule has 0 saturated carbocycles. The van der Waals surface area contributed by atoms with Crippen LogP contribution in [-0.2, 0) is 6.54 Å². The smallest absolute Gasteiger partial charge is 0.193 e. The van der Waals surface area contributed by atoms with Crippen LogP contribution in [0.25, 0.3) is 0 Å². The van der Waals surface area contributed by atoms with Crippen LogP contribution in [0, 0.1) is 11.8 Å². The second-order valence-corrected chi connectivity index (χ2v) is 6.24. The second kappa shape index (κ2) is 8.05. The number of nitrogens with zero attached hydrogens (tertiary/aromatic N) is 4. The van der Waals surface area contributed by atoms with E-state index in [9.17, 15) is 0 Å². The van der Waals surface area contributed by atoms with Crippen LogP contribution in [0.3, 0.4) is 0 Å². The quantitative estimate of drug-likeness (QED) is 0.646. The third-order valence-corrected chi connectivity index (χ3v) is 3.87. The first-order chi connectivity index (χ1) is 10.2. The Bertz CT molecular complexity index is 424. The number of hydrogen-bond acceptors (Lipinski definition) is 2. The van der Waals surface area contributed by atoms with Crippen molar-refractivity contribution < 1.29 is 0 Å². The molecule has 1 aromatic rings. The van der Waals surface area contributed by atoms with Crippen LogP contribution < -0.4 is 5.32 Å². The standard InChI is InChI=1S/C16H29N5/c1-4-17-16(18-8-11-21-9-5-7-19-21)20-10-6-15(13-20)12-14(2)3/h5,7,9,14-15H,4,6,8,10-13H2,1-3H3,(H,17,18). The van der Waals surface area contributed by atoms with E-state index in [1.807, 2.05) is 23.1 Å². The van der Waals surface area contributed by atoms with Gasteiger partial charge in [0.15, 0.2) is 5.96 Å². The van der Waals surface area contributed by atoms with Crippen LogP contribution in [0.4, 0.5) is 0 Å². The van der Waals surface area contributed by atoms with Gasteiger partial charge in [0.1, 0.15) is 0 Å². The number of likely N-dealkylation sites (tertiary alicyclic amines) is 1. The molecule has 1 unspecified atom stereocenters. The second-order valence-electron chi connectivity index (χ2n) is 6.24. The first-order valence-corrected chi connectivity index (χ1v) is 8.19. The Morgan fingerprint density at radius 2 is 2.33 bits per heavy atom. The molecule has 0 spiro atoms. The lowest BCUT2D eigenvalue weighted by molar-refractivity contribution is 0.403. The predicted molar refractivity (Wildman–Crippen MR) is 87.3 cm³/mol. The van der Waals surface area contributed by atoms with Crippen molar-refractivity contribution >= 4 is 5.96 Å². The molecular weight excluding hydrogens is 262 g/mol. The van der Waals surface area contributed by atoms with Gasteiger partial charge in [0.05, 0.1) is 13.1 Å². The molecule has 0 amide bonds. The molecule has 1 aliphatic rings. The molecule has 118 valence electrons. The number of rotatable bonds is 6. The van der Waals surface area contributed by atoms with Gasteiger partial charge in [0, 0.05) is 32.0 Å². The van der Waals surface area contributed by atoms with Crippen molar-refractivity contribution in [2.45, 2.75) is 40.2 Å². The average Bonchev–Trinajstić information content (AvgIpc) is 3.08. The van der Waals surface area contributed by atoms with Crippen molar-refractivity contribution in [3.05, 3.63) is 18.5 Å². The first kappa shape index (κ1) is 15.9. The van der Waals surface area contributed by atoms with Gasteiger partial charge in [0.2, 0.25) is 0 Å². The van der Waals surface area contributed by atoms with E-state index in [0.29, 0.717) is 0 Å². The third kappa shape index (κ3) is 5.06. The van der Waals surface area contributed by atoms with E-state index in [-0.39, 0.29) is 0 Å². The number of nitrogens with one attached hydrogen (secondary N) is 1. The van der Waals surface area contributed by atoms with Crippen LogP contribution in [0.15, 0.2) is 23.5 Å². The molecule has 0 bridgehead atoms. The van der Waals surface area contributed by atoms with E-state index in [4.69, 9.17) is 4.99 Å².